The molecular weight excluding hydrogens is 454 g/mol. The molecule has 2 heterocycles. The number of anilines is 1. The predicted octanol–water partition coefficient (Wildman–Crippen LogP) is 3.56. The van der Waals surface area contributed by atoms with E-state index in [0.29, 0.717) is 11.4 Å². The minimum absolute atomic E-state index is 0.0817. The molecule has 34 heavy (non-hydrogen) atoms. The number of furan rings is 1. The Kier molecular flexibility index (Phi) is 6.76. The third-order valence-corrected chi connectivity index (χ3v) is 7.00. The monoisotopic (exact) mass is 477 g/mol. The summed E-state index contributed by atoms with van der Waals surface area (Å²) in [6.45, 7) is 0.452. The molecule has 1 N–H and O–H groups in total. The number of sulfonamides is 1. The van der Waals surface area contributed by atoms with Crippen molar-refractivity contribution in [3.05, 3.63) is 119 Å². The molecule has 0 aliphatic carbocycles. The molecule has 8 nitrogen and oxygen atoms in total. The molecule has 1 amide bonds. The van der Waals surface area contributed by atoms with Crippen molar-refractivity contribution in [3.63, 3.8) is 0 Å². The quantitative estimate of drug-likeness (QED) is 0.418. The fourth-order valence-electron chi connectivity index (χ4n) is 3.35. The maximum atomic E-state index is 12.9. The summed E-state index contributed by atoms with van der Waals surface area (Å²) in [7, 11) is -2.17. The lowest BCUT2D eigenvalue weighted by atomic mass is 10.2. The molecule has 0 radical (unpaired) electrons. The third-order valence-electron chi connectivity index (χ3n) is 5.18. The van der Waals surface area contributed by atoms with Crippen LogP contribution >= 0.6 is 0 Å². The minimum atomic E-state index is -3.69. The Hall–Kier alpha value is -3.95. The van der Waals surface area contributed by atoms with Crippen molar-refractivity contribution in [3.8, 4) is 0 Å². The highest BCUT2D eigenvalue weighted by Crippen LogP contribution is 2.20. The Morgan fingerprint density at radius 1 is 0.941 bits per heavy atom. The number of nitrogens with one attached hydrogen (secondary N) is 1. The smallest absolute Gasteiger partial charge is 0.291 e. The first-order valence-corrected chi connectivity index (χ1v) is 11.9. The number of benzene rings is 2. The van der Waals surface area contributed by atoms with Crippen LogP contribution in [0.3, 0.4) is 0 Å². The van der Waals surface area contributed by atoms with Gasteiger partial charge in [-0.2, -0.15) is 4.31 Å². The van der Waals surface area contributed by atoms with E-state index in [9.17, 15) is 18.0 Å². The van der Waals surface area contributed by atoms with Crippen LogP contribution < -0.4 is 10.9 Å². The van der Waals surface area contributed by atoms with Crippen molar-refractivity contribution in [2.75, 3.05) is 12.4 Å². The van der Waals surface area contributed by atoms with Gasteiger partial charge in [-0.3, -0.25) is 9.59 Å². The standard InChI is InChI=1S/C25H23N3O5S/c1-27(17-19-7-3-2-4-8-19)34(31,32)22-13-10-20(11-14-22)26-25(30)23-15-12-21(33-23)18-28-16-6-5-9-24(28)29/h2-16H,17-18H2,1H3,(H,26,30). The summed E-state index contributed by atoms with van der Waals surface area (Å²) >= 11 is 0. The summed E-state index contributed by atoms with van der Waals surface area (Å²) < 4.78 is 34.0. The average Bonchev–Trinajstić information content (AvgIpc) is 3.30. The SMILES string of the molecule is CN(Cc1ccccc1)S(=O)(=O)c1ccc(NC(=O)c2ccc(Cn3ccccc3=O)o2)cc1. The molecule has 0 saturated carbocycles. The van der Waals surface area contributed by atoms with Crippen LogP contribution in [0.15, 0.2) is 105 Å². The lowest BCUT2D eigenvalue weighted by Gasteiger charge is -2.17. The normalized spacial score (nSPS) is 11.5. The second kappa shape index (κ2) is 9.90. The average molecular weight is 478 g/mol. The second-order valence-corrected chi connectivity index (χ2v) is 9.70. The zero-order valence-corrected chi connectivity index (χ0v) is 19.2. The van der Waals surface area contributed by atoms with Crippen LogP contribution in [-0.4, -0.2) is 30.2 Å². The molecule has 4 rings (SSSR count). The minimum Gasteiger partial charge on any atom is -0.454 e. The van der Waals surface area contributed by atoms with Gasteiger partial charge < -0.3 is 14.3 Å². The molecular formula is C25H23N3O5S. The van der Waals surface area contributed by atoms with E-state index in [2.05, 4.69) is 5.32 Å². The zero-order chi connectivity index (χ0) is 24.1. The molecule has 2 aromatic carbocycles. The number of aromatic nitrogens is 1. The number of pyridine rings is 1. The number of rotatable bonds is 8. The lowest BCUT2D eigenvalue weighted by Crippen LogP contribution is -2.26. The Morgan fingerprint density at radius 3 is 2.35 bits per heavy atom. The van der Waals surface area contributed by atoms with E-state index in [1.165, 1.54) is 52.3 Å². The van der Waals surface area contributed by atoms with Gasteiger partial charge in [-0.15, -0.1) is 0 Å². The van der Waals surface area contributed by atoms with E-state index in [1.807, 2.05) is 30.3 Å². The molecule has 0 spiro atoms. The summed E-state index contributed by atoms with van der Waals surface area (Å²) in [4.78, 5) is 24.5. The maximum Gasteiger partial charge on any atom is 0.291 e. The Morgan fingerprint density at radius 2 is 1.65 bits per heavy atom. The molecule has 0 bridgehead atoms. The van der Waals surface area contributed by atoms with Crippen molar-refractivity contribution in [1.82, 2.24) is 8.87 Å². The van der Waals surface area contributed by atoms with Crippen LogP contribution in [0.1, 0.15) is 21.9 Å². The molecule has 174 valence electrons. The molecule has 0 unspecified atom stereocenters. The van der Waals surface area contributed by atoms with Crippen molar-refractivity contribution in [2.45, 2.75) is 18.0 Å². The van der Waals surface area contributed by atoms with E-state index < -0.39 is 15.9 Å². The summed E-state index contributed by atoms with van der Waals surface area (Å²) in [5.41, 5.74) is 1.13. The van der Waals surface area contributed by atoms with Gasteiger partial charge in [-0.25, -0.2) is 8.42 Å². The van der Waals surface area contributed by atoms with Crippen molar-refractivity contribution in [1.29, 1.82) is 0 Å². The summed E-state index contributed by atoms with van der Waals surface area (Å²) in [5.74, 6) is 0.0584. The molecule has 2 aromatic heterocycles. The second-order valence-electron chi connectivity index (χ2n) is 7.66. The maximum absolute atomic E-state index is 12.9. The van der Waals surface area contributed by atoms with Gasteiger partial charge in [0.2, 0.25) is 10.0 Å². The van der Waals surface area contributed by atoms with Crippen LogP contribution in [0.25, 0.3) is 0 Å². The van der Waals surface area contributed by atoms with Crippen LogP contribution in [0.4, 0.5) is 5.69 Å². The number of hydrogen-bond donors (Lipinski definition) is 1. The first-order chi connectivity index (χ1) is 16.3. The highest BCUT2D eigenvalue weighted by molar-refractivity contribution is 7.89. The van der Waals surface area contributed by atoms with Gasteiger partial charge in [0, 0.05) is 31.5 Å². The molecule has 0 fully saturated rings. The van der Waals surface area contributed by atoms with Crippen LogP contribution in [0.5, 0.6) is 0 Å². The number of carbonyl (C=O) groups is 1. The summed E-state index contributed by atoms with van der Waals surface area (Å²) in [6, 6.07) is 23.2. The number of nitrogens with zero attached hydrogens (tertiary/aromatic N) is 2. The molecule has 9 heteroatoms. The van der Waals surface area contributed by atoms with Crippen LogP contribution in [-0.2, 0) is 23.1 Å². The van der Waals surface area contributed by atoms with Gasteiger partial charge >= 0.3 is 0 Å². The van der Waals surface area contributed by atoms with Crippen LogP contribution in [0, 0.1) is 0 Å². The van der Waals surface area contributed by atoms with Gasteiger partial charge in [0.1, 0.15) is 5.76 Å². The van der Waals surface area contributed by atoms with E-state index in [4.69, 9.17) is 4.42 Å². The first kappa shape index (κ1) is 23.2. The molecule has 0 aliphatic rings. The lowest BCUT2D eigenvalue weighted by molar-refractivity contribution is 0.0994. The Labute approximate surface area is 197 Å². The molecule has 0 aliphatic heterocycles. The Bertz CT molecular complexity index is 1440. The molecule has 0 saturated heterocycles. The van der Waals surface area contributed by atoms with Crippen molar-refractivity contribution in [2.24, 2.45) is 0 Å². The Balaban J connectivity index is 1.40. The number of hydrogen-bond acceptors (Lipinski definition) is 5. The van der Waals surface area contributed by atoms with Crippen molar-refractivity contribution >= 4 is 21.6 Å². The van der Waals surface area contributed by atoms with Gasteiger partial charge in [0.25, 0.3) is 11.5 Å². The van der Waals surface area contributed by atoms with E-state index >= 15 is 0 Å². The summed E-state index contributed by atoms with van der Waals surface area (Å²) in [6.07, 6.45) is 1.64. The van der Waals surface area contributed by atoms with Gasteiger partial charge in [0.05, 0.1) is 11.4 Å². The largest absolute Gasteiger partial charge is 0.454 e. The van der Waals surface area contributed by atoms with E-state index in [1.54, 1.807) is 24.4 Å². The van der Waals surface area contributed by atoms with Gasteiger partial charge in [-0.05, 0) is 48.0 Å². The number of amides is 1. The zero-order valence-electron chi connectivity index (χ0n) is 18.4. The van der Waals surface area contributed by atoms with Gasteiger partial charge in [-0.1, -0.05) is 36.4 Å². The number of carbonyl (C=O) groups excluding carboxylic acids is 1. The highest BCUT2D eigenvalue weighted by Gasteiger charge is 2.21. The topological polar surface area (TPSA) is 102 Å². The first-order valence-electron chi connectivity index (χ1n) is 10.5. The van der Waals surface area contributed by atoms with E-state index in [-0.39, 0.29) is 29.3 Å². The van der Waals surface area contributed by atoms with E-state index in [0.717, 1.165) is 5.56 Å². The van der Waals surface area contributed by atoms with Gasteiger partial charge in [0.15, 0.2) is 5.76 Å². The summed E-state index contributed by atoms with van der Waals surface area (Å²) in [5, 5.41) is 2.68. The molecule has 0 atom stereocenters. The molecule has 4 aromatic rings. The fraction of sp³-hybridized carbons (Fsp3) is 0.120. The third kappa shape index (κ3) is 5.33. The highest BCUT2D eigenvalue weighted by atomic mass is 32.2. The van der Waals surface area contributed by atoms with Crippen LogP contribution in [0.2, 0.25) is 0 Å². The fourth-order valence-corrected chi connectivity index (χ4v) is 4.51. The predicted molar refractivity (Wildman–Crippen MR) is 128 cm³/mol. The van der Waals surface area contributed by atoms with Crippen molar-refractivity contribution < 1.29 is 17.6 Å².